The van der Waals surface area contributed by atoms with Crippen LogP contribution in [0.15, 0.2) is 60.7 Å². The van der Waals surface area contributed by atoms with E-state index in [1.807, 2.05) is 0 Å². The Kier molecular flexibility index (Phi) is 12.7. The van der Waals surface area contributed by atoms with Crippen LogP contribution in [0.2, 0.25) is 0 Å². The van der Waals surface area contributed by atoms with Gasteiger partial charge >= 0.3 is 0 Å². The van der Waals surface area contributed by atoms with Gasteiger partial charge < -0.3 is 69.3 Å². The fourth-order valence-electron chi connectivity index (χ4n) is 5.53. The molecule has 3 heterocycles. The lowest BCUT2D eigenvalue weighted by atomic mass is 9.98. The minimum absolute atomic E-state index is 0.0558. The van der Waals surface area contributed by atoms with Gasteiger partial charge in [-0.05, 0) is 62.4 Å². The van der Waals surface area contributed by atoms with E-state index < -0.39 is 74.6 Å². The number of rotatable bonds is 16. The van der Waals surface area contributed by atoms with Gasteiger partial charge in [0.25, 0.3) is 6.29 Å². The third-order valence-electron chi connectivity index (χ3n) is 8.38. The van der Waals surface area contributed by atoms with Gasteiger partial charge in [0, 0.05) is 12.1 Å². The average molecular weight is 733 g/mol. The maximum atomic E-state index is 11.8. The molecule has 0 saturated carbocycles. The summed E-state index contributed by atoms with van der Waals surface area (Å²) in [6.45, 7) is 1.64. The molecule has 0 aliphatic carbocycles. The van der Waals surface area contributed by atoms with Crippen molar-refractivity contribution in [2.75, 3.05) is 27.4 Å². The van der Waals surface area contributed by atoms with Gasteiger partial charge in [-0.15, -0.1) is 0 Å². The summed E-state index contributed by atoms with van der Waals surface area (Å²) in [5.74, 6) is 1.29. The number of ether oxygens (including phenoxy) is 6. The van der Waals surface area contributed by atoms with E-state index in [-0.39, 0.29) is 11.8 Å². The molecule has 4 aromatic rings. The van der Waals surface area contributed by atoms with E-state index in [2.05, 4.69) is 10.2 Å². The van der Waals surface area contributed by atoms with Crippen molar-refractivity contribution in [2.24, 2.45) is 0 Å². The smallest absolute Gasteiger partial charge is 0.272 e. The fourth-order valence-corrected chi connectivity index (χ4v) is 5.53. The first-order chi connectivity index (χ1) is 24.9. The number of aryl methyl sites for hydroxylation is 2. The van der Waals surface area contributed by atoms with E-state index in [9.17, 15) is 40.9 Å². The van der Waals surface area contributed by atoms with Gasteiger partial charge in [-0.25, -0.2) is 9.36 Å². The van der Waals surface area contributed by atoms with E-state index in [4.69, 9.17) is 28.4 Å². The van der Waals surface area contributed by atoms with E-state index >= 15 is 0 Å². The molecule has 8 N–H and O–H groups in total. The standard InChI is InChI=1S/C34H44N4O14/c1-17-13-25(37(35-17)19-5-9-21(47-3)10-6-19)50-34(51-26-14-18(2)36-38(26)20-7-11-22(48-4)12-8-20)31(46)29(44)32(23(41)15-39)52-33-30(45)28(43)27(42)24(16-40)49-33/h5-14,23-24,27-34,39-46H,15-16H2,1-4H3/t23-,24-,27+,28+,29-,30-,31-,32-,33+/m1/s1. The SMILES string of the molecule is COc1ccc(-n2nc(C)cc2OC(Oc2cc(C)nn2-c2ccc(OC)cc2)[C@H](O)[C@@H](O)[C@H](O[C@@H]2O[C@H](CO)[C@H](O)[C@H](O)[C@H]2O)[C@H](O)CO)cc1. The van der Waals surface area contributed by atoms with Crippen molar-refractivity contribution < 1.29 is 69.3 Å². The van der Waals surface area contributed by atoms with Gasteiger partial charge in [0.1, 0.15) is 54.2 Å². The van der Waals surface area contributed by atoms with Crippen LogP contribution in [0.3, 0.4) is 0 Å². The third-order valence-corrected chi connectivity index (χ3v) is 8.38. The zero-order chi connectivity index (χ0) is 37.7. The molecule has 1 saturated heterocycles. The number of aliphatic hydroxyl groups is 8. The van der Waals surface area contributed by atoms with Crippen LogP contribution in [-0.4, -0.2) is 149 Å². The van der Waals surface area contributed by atoms with Crippen molar-refractivity contribution in [3.05, 3.63) is 72.1 Å². The van der Waals surface area contributed by atoms with Crippen LogP contribution in [0, 0.1) is 13.8 Å². The van der Waals surface area contributed by atoms with Crippen molar-refractivity contribution in [3.63, 3.8) is 0 Å². The summed E-state index contributed by atoms with van der Waals surface area (Å²) in [5.41, 5.74) is 2.10. The number of hydrogen-bond acceptors (Lipinski definition) is 16. The monoisotopic (exact) mass is 732 g/mol. The quantitative estimate of drug-likeness (QED) is 0.0626. The molecule has 1 aliphatic rings. The maximum absolute atomic E-state index is 11.8. The molecule has 0 radical (unpaired) electrons. The van der Waals surface area contributed by atoms with Crippen LogP contribution in [0.5, 0.6) is 23.3 Å². The Morgan fingerprint density at radius 1 is 0.712 bits per heavy atom. The molecular formula is C34H44N4O14. The summed E-state index contributed by atoms with van der Waals surface area (Å²) < 4.78 is 36.8. The number of hydrogen-bond donors (Lipinski definition) is 8. The van der Waals surface area contributed by atoms with E-state index in [1.165, 1.54) is 23.6 Å². The molecule has 18 nitrogen and oxygen atoms in total. The van der Waals surface area contributed by atoms with Gasteiger partial charge in [-0.3, -0.25) is 0 Å². The molecule has 9 atom stereocenters. The van der Waals surface area contributed by atoms with Crippen LogP contribution in [0.25, 0.3) is 11.4 Å². The molecule has 0 bridgehead atoms. The lowest BCUT2D eigenvalue weighted by molar-refractivity contribution is -0.329. The van der Waals surface area contributed by atoms with E-state index in [1.54, 1.807) is 74.5 Å². The summed E-state index contributed by atoms with van der Waals surface area (Å²) in [5, 5.41) is 93.6. The predicted octanol–water partition coefficient (Wildman–Crippen LogP) is -1.26. The van der Waals surface area contributed by atoms with Crippen LogP contribution in [0.1, 0.15) is 11.4 Å². The Morgan fingerprint density at radius 2 is 1.19 bits per heavy atom. The van der Waals surface area contributed by atoms with Gasteiger partial charge in [0.15, 0.2) is 12.4 Å². The normalized spacial score (nSPS) is 22.8. The lowest BCUT2D eigenvalue weighted by Gasteiger charge is -2.42. The summed E-state index contributed by atoms with van der Waals surface area (Å²) in [6.07, 6.45) is -18.7. The number of nitrogens with zero attached hydrogens (tertiary/aromatic N) is 4. The topological polar surface area (TPSA) is 253 Å². The molecule has 0 spiro atoms. The Balaban J connectivity index is 1.51. The molecule has 2 aromatic heterocycles. The molecular weight excluding hydrogens is 688 g/mol. The highest BCUT2D eigenvalue weighted by molar-refractivity contribution is 5.41. The van der Waals surface area contributed by atoms with Gasteiger partial charge in [-0.2, -0.15) is 10.2 Å². The molecule has 284 valence electrons. The molecule has 5 rings (SSSR count). The Hall–Kier alpha value is -4.34. The molecule has 52 heavy (non-hydrogen) atoms. The second-order valence-electron chi connectivity index (χ2n) is 12.1. The van der Waals surface area contributed by atoms with Crippen molar-refractivity contribution in [2.45, 2.75) is 75.3 Å². The second kappa shape index (κ2) is 17.0. The predicted molar refractivity (Wildman–Crippen MR) is 178 cm³/mol. The number of aromatic nitrogens is 4. The Morgan fingerprint density at radius 3 is 1.62 bits per heavy atom. The summed E-state index contributed by atoms with van der Waals surface area (Å²) in [6, 6.07) is 16.8. The first-order valence-corrected chi connectivity index (χ1v) is 16.3. The minimum atomic E-state index is -2.16. The van der Waals surface area contributed by atoms with Crippen LogP contribution in [0.4, 0.5) is 0 Å². The number of aliphatic hydroxyl groups excluding tert-OH is 8. The van der Waals surface area contributed by atoms with Crippen molar-refractivity contribution in [3.8, 4) is 34.6 Å². The third kappa shape index (κ3) is 8.48. The summed E-state index contributed by atoms with van der Waals surface area (Å²) in [7, 11) is 3.05. The highest BCUT2D eigenvalue weighted by atomic mass is 16.7. The molecule has 0 unspecified atom stereocenters. The van der Waals surface area contributed by atoms with E-state index in [0.29, 0.717) is 34.3 Å². The Labute approximate surface area is 298 Å². The molecule has 1 aliphatic heterocycles. The maximum Gasteiger partial charge on any atom is 0.272 e. The van der Waals surface area contributed by atoms with Crippen molar-refractivity contribution >= 4 is 0 Å². The summed E-state index contributed by atoms with van der Waals surface area (Å²) >= 11 is 0. The zero-order valence-electron chi connectivity index (χ0n) is 28.8. The minimum Gasteiger partial charge on any atom is -0.497 e. The van der Waals surface area contributed by atoms with Gasteiger partial charge in [-0.1, -0.05) is 0 Å². The van der Waals surface area contributed by atoms with Crippen molar-refractivity contribution in [1.29, 1.82) is 0 Å². The van der Waals surface area contributed by atoms with Crippen LogP contribution >= 0.6 is 0 Å². The molecule has 1 fully saturated rings. The second-order valence-corrected chi connectivity index (χ2v) is 12.1. The summed E-state index contributed by atoms with van der Waals surface area (Å²) in [4.78, 5) is 0. The lowest BCUT2D eigenvalue weighted by Crippen LogP contribution is -2.62. The highest BCUT2D eigenvalue weighted by Gasteiger charge is 2.48. The van der Waals surface area contributed by atoms with Crippen LogP contribution < -0.4 is 18.9 Å². The largest absolute Gasteiger partial charge is 0.497 e. The zero-order valence-corrected chi connectivity index (χ0v) is 28.8. The first-order valence-electron chi connectivity index (χ1n) is 16.3. The van der Waals surface area contributed by atoms with E-state index in [0.717, 1.165) is 0 Å². The number of benzene rings is 2. The number of methoxy groups -OCH3 is 2. The van der Waals surface area contributed by atoms with Gasteiger partial charge in [0.2, 0.25) is 11.8 Å². The van der Waals surface area contributed by atoms with Crippen LogP contribution in [-0.2, 0) is 9.47 Å². The van der Waals surface area contributed by atoms with Gasteiger partial charge in [0.05, 0.1) is 50.2 Å². The fraction of sp³-hybridized carbons (Fsp3) is 0.471. The average Bonchev–Trinajstić information content (AvgIpc) is 3.72. The molecule has 0 amide bonds. The van der Waals surface area contributed by atoms with Crippen molar-refractivity contribution in [1.82, 2.24) is 19.6 Å². The molecule has 18 heteroatoms. The Bertz CT molecular complexity index is 1620. The highest BCUT2D eigenvalue weighted by Crippen LogP contribution is 2.30. The molecule has 2 aromatic carbocycles. The first kappa shape index (κ1) is 38.9.